The van der Waals surface area contributed by atoms with Crippen LogP contribution < -0.4 is 9.80 Å². The van der Waals surface area contributed by atoms with Crippen molar-refractivity contribution in [1.82, 2.24) is 14.9 Å². The van der Waals surface area contributed by atoms with Crippen LogP contribution in [0.5, 0.6) is 0 Å². The first-order chi connectivity index (χ1) is 12.9. The van der Waals surface area contributed by atoms with E-state index in [1.807, 2.05) is 38.8 Å². The number of amides is 2. The lowest BCUT2D eigenvalue weighted by atomic mass is 10.3. The third kappa shape index (κ3) is 5.91. The fourth-order valence-electron chi connectivity index (χ4n) is 2.87. The largest absolute Gasteiger partial charge is 0.341 e. The highest BCUT2D eigenvalue weighted by Crippen LogP contribution is 2.29. The zero-order chi connectivity index (χ0) is 20.4. The average Bonchev–Trinajstić information content (AvgIpc) is 2.65. The fourth-order valence-corrected chi connectivity index (χ4v) is 2.87. The molecule has 152 valence electrons. The minimum absolute atomic E-state index is 0.0406. The lowest BCUT2D eigenvalue weighted by Crippen LogP contribution is -2.46. The molecular formula is C20H36N6O. The molecule has 0 aliphatic carbocycles. The molecule has 1 aromatic heterocycles. The Morgan fingerprint density at radius 2 is 1.78 bits per heavy atom. The molecular weight excluding hydrogens is 340 g/mol. The summed E-state index contributed by atoms with van der Waals surface area (Å²) < 4.78 is 0. The predicted octanol–water partition coefficient (Wildman–Crippen LogP) is 4.50. The molecule has 0 bridgehead atoms. The SMILES string of the molecule is CCCC=Nc1nc(N(CC)CC)ncc1N(CC)C(=O)N(CC)C(C)C. The Labute approximate surface area is 164 Å². The summed E-state index contributed by atoms with van der Waals surface area (Å²) in [6.07, 6.45) is 5.49. The van der Waals surface area contributed by atoms with Crippen molar-refractivity contribution in [1.29, 1.82) is 0 Å². The molecule has 0 spiro atoms. The number of rotatable bonds is 10. The summed E-state index contributed by atoms with van der Waals surface area (Å²) in [5.74, 6) is 1.20. The van der Waals surface area contributed by atoms with Crippen molar-refractivity contribution < 1.29 is 4.79 Å². The number of anilines is 2. The highest BCUT2D eigenvalue weighted by Gasteiger charge is 2.25. The van der Waals surface area contributed by atoms with Crippen molar-refractivity contribution in [2.75, 3.05) is 36.0 Å². The summed E-state index contributed by atoms with van der Waals surface area (Å²) in [6, 6.07) is 0.0839. The van der Waals surface area contributed by atoms with Gasteiger partial charge >= 0.3 is 6.03 Å². The summed E-state index contributed by atoms with van der Waals surface area (Å²) in [6.45, 7) is 17.1. The van der Waals surface area contributed by atoms with Gasteiger partial charge in [0.25, 0.3) is 0 Å². The lowest BCUT2D eigenvalue weighted by molar-refractivity contribution is 0.194. The van der Waals surface area contributed by atoms with E-state index in [0.29, 0.717) is 30.5 Å². The molecule has 0 aliphatic heterocycles. The number of aromatic nitrogens is 2. The lowest BCUT2D eigenvalue weighted by Gasteiger charge is -2.32. The van der Waals surface area contributed by atoms with Crippen LogP contribution in [-0.4, -0.2) is 59.3 Å². The van der Waals surface area contributed by atoms with E-state index in [0.717, 1.165) is 25.9 Å². The molecule has 0 N–H and O–H groups in total. The summed E-state index contributed by atoms with van der Waals surface area (Å²) in [5, 5.41) is 0. The first-order valence-corrected chi connectivity index (χ1v) is 10.2. The van der Waals surface area contributed by atoms with Crippen LogP contribution >= 0.6 is 0 Å². The Kier molecular flexibility index (Phi) is 9.75. The summed E-state index contributed by atoms with van der Waals surface area (Å²) >= 11 is 0. The van der Waals surface area contributed by atoms with Crippen molar-refractivity contribution in [3.05, 3.63) is 6.20 Å². The first kappa shape index (κ1) is 22.9. The Balaban J connectivity index is 3.38. The van der Waals surface area contributed by atoms with Crippen molar-refractivity contribution in [3.63, 3.8) is 0 Å². The fraction of sp³-hybridized carbons (Fsp3) is 0.700. The van der Waals surface area contributed by atoms with Gasteiger partial charge in [-0.05, 0) is 48.0 Å². The molecule has 1 rings (SSSR count). The topological polar surface area (TPSA) is 64.9 Å². The van der Waals surface area contributed by atoms with Crippen LogP contribution in [0, 0.1) is 0 Å². The van der Waals surface area contributed by atoms with E-state index in [1.165, 1.54) is 0 Å². The van der Waals surface area contributed by atoms with Gasteiger partial charge in [-0.15, -0.1) is 0 Å². The number of unbranched alkanes of at least 4 members (excludes halogenated alkanes) is 1. The van der Waals surface area contributed by atoms with E-state index in [2.05, 4.69) is 40.6 Å². The Hall–Kier alpha value is -2.18. The number of carbonyl (C=O) groups is 1. The van der Waals surface area contributed by atoms with Crippen LogP contribution in [0.25, 0.3) is 0 Å². The van der Waals surface area contributed by atoms with Crippen LogP contribution in [0.1, 0.15) is 61.3 Å². The molecule has 27 heavy (non-hydrogen) atoms. The highest BCUT2D eigenvalue weighted by atomic mass is 16.2. The van der Waals surface area contributed by atoms with Gasteiger partial charge in [-0.2, -0.15) is 4.98 Å². The van der Waals surface area contributed by atoms with Gasteiger partial charge in [0.15, 0.2) is 5.82 Å². The molecule has 0 saturated carbocycles. The molecule has 2 amide bonds. The van der Waals surface area contributed by atoms with Gasteiger partial charge < -0.3 is 9.80 Å². The summed E-state index contributed by atoms with van der Waals surface area (Å²) in [7, 11) is 0. The number of hydrogen-bond acceptors (Lipinski definition) is 5. The molecule has 0 saturated heterocycles. The maximum Gasteiger partial charge on any atom is 0.324 e. The van der Waals surface area contributed by atoms with E-state index in [1.54, 1.807) is 11.1 Å². The monoisotopic (exact) mass is 376 g/mol. The van der Waals surface area contributed by atoms with Gasteiger partial charge in [0.05, 0.1) is 6.20 Å². The van der Waals surface area contributed by atoms with Crippen molar-refractivity contribution in [3.8, 4) is 0 Å². The van der Waals surface area contributed by atoms with E-state index in [4.69, 9.17) is 0 Å². The maximum atomic E-state index is 13.1. The highest BCUT2D eigenvalue weighted by molar-refractivity contribution is 5.95. The Bertz CT molecular complexity index is 612. The van der Waals surface area contributed by atoms with E-state index in [-0.39, 0.29) is 12.1 Å². The van der Waals surface area contributed by atoms with E-state index in [9.17, 15) is 4.79 Å². The van der Waals surface area contributed by atoms with Gasteiger partial charge in [0, 0.05) is 38.4 Å². The van der Waals surface area contributed by atoms with E-state index < -0.39 is 0 Å². The van der Waals surface area contributed by atoms with Crippen LogP contribution in [0.2, 0.25) is 0 Å². The normalized spacial score (nSPS) is 11.3. The molecule has 7 nitrogen and oxygen atoms in total. The van der Waals surface area contributed by atoms with Crippen molar-refractivity contribution in [2.24, 2.45) is 4.99 Å². The average molecular weight is 377 g/mol. The smallest absolute Gasteiger partial charge is 0.324 e. The second-order valence-electron chi connectivity index (χ2n) is 6.56. The zero-order valence-electron chi connectivity index (χ0n) is 18.1. The van der Waals surface area contributed by atoms with E-state index >= 15 is 0 Å². The minimum atomic E-state index is -0.0406. The maximum absolute atomic E-state index is 13.1. The molecule has 0 fully saturated rings. The van der Waals surface area contributed by atoms with Crippen LogP contribution in [-0.2, 0) is 0 Å². The summed E-state index contributed by atoms with van der Waals surface area (Å²) in [5.41, 5.74) is 0.657. The molecule has 0 unspecified atom stereocenters. The van der Waals surface area contributed by atoms with Gasteiger partial charge in [0.1, 0.15) is 5.69 Å². The predicted molar refractivity (Wildman–Crippen MR) is 115 cm³/mol. The van der Waals surface area contributed by atoms with Crippen molar-refractivity contribution in [2.45, 2.75) is 67.3 Å². The van der Waals surface area contributed by atoms with Crippen LogP contribution in [0.4, 0.5) is 22.2 Å². The zero-order valence-corrected chi connectivity index (χ0v) is 18.1. The van der Waals surface area contributed by atoms with Crippen molar-refractivity contribution >= 4 is 29.7 Å². The molecule has 0 atom stereocenters. The van der Waals surface area contributed by atoms with Gasteiger partial charge in [0.2, 0.25) is 5.95 Å². The first-order valence-electron chi connectivity index (χ1n) is 10.2. The van der Waals surface area contributed by atoms with Crippen LogP contribution in [0.15, 0.2) is 11.2 Å². The Morgan fingerprint density at radius 1 is 1.11 bits per heavy atom. The Morgan fingerprint density at radius 3 is 2.26 bits per heavy atom. The summed E-state index contributed by atoms with van der Waals surface area (Å²) in [4.78, 5) is 32.5. The van der Waals surface area contributed by atoms with Gasteiger partial charge in [-0.1, -0.05) is 13.3 Å². The number of nitrogens with zero attached hydrogens (tertiary/aromatic N) is 6. The number of aliphatic imine (C=N–C) groups is 1. The molecule has 1 heterocycles. The third-order valence-electron chi connectivity index (χ3n) is 4.46. The van der Waals surface area contributed by atoms with Gasteiger partial charge in [-0.3, -0.25) is 4.90 Å². The number of urea groups is 1. The number of carbonyl (C=O) groups excluding carboxylic acids is 1. The second kappa shape index (κ2) is 11.5. The quantitative estimate of drug-likeness (QED) is 0.564. The van der Waals surface area contributed by atoms with Crippen LogP contribution in [0.3, 0.4) is 0 Å². The molecule has 0 aromatic carbocycles. The molecule has 7 heteroatoms. The molecule has 0 aliphatic rings. The standard InChI is InChI=1S/C20H36N6O/c1-8-13-14-21-18-17(15-22-19(23-18)24(9-2)10-3)26(12-5)20(27)25(11-4)16(6)7/h14-16H,8-13H2,1-7H3. The minimum Gasteiger partial charge on any atom is -0.341 e. The second-order valence-corrected chi connectivity index (χ2v) is 6.56. The molecule has 1 aromatic rings. The molecule has 0 radical (unpaired) electrons. The third-order valence-corrected chi connectivity index (χ3v) is 4.46. The number of hydrogen-bond donors (Lipinski definition) is 0. The van der Waals surface area contributed by atoms with Gasteiger partial charge in [-0.25, -0.2) is 14.8 Å².